The molecule has 15 heavy (non-hydrogen) atoms. The number of nitrogens with one attached hydrogen (secondary N) is 2. The molecule has 80 valence electrons. The zero-order valence-electron chi connectivity index (χ0n) is 8.67. The van der Waals surface area contributed by atoms with E-state index in [1.54, 1.807) is 12.1 Å². The number of anilines is 1. The molecule has 3 nitrogen and oxygen atoms in total. The molecule has 0 fully saturated rings. The lowest BCUT2D eigenvalue weighted by Crippen LogP contribution is -2.32. The van der Waals surface area contributed by atoms with Gasteiger partial charge in [0.1, 0.15) is 6.04 Å². The minimum Gasteiger partial charge on any atom is -0.324 e. The molecule has 1 atom stereocenters. The Labute approximate surface area is 93.8 Å². The Balaban J connectivity index is 2.33. The number of amides is 1. The molecular weight excluding hydrogens is 212 g/mol. The summed E-state index contributed by atoms with van der Waals surface area (Å²) in [7, 11) is 0. The monoisotopic (exact) mass is 224 g/mol. The van der Waals surface area contributed by atoms with Crippen molar-refractivity contribution in [3.05, 3.63) is 28.8 Å². The standard InChI is InChI=1S/C11H13ClN2O/c1-6(2)13-10-8-4-3-7(12)5-9(8)14-11(10)15/h3-6,10,13H,1-2H3,(H,14,15). The molecule has 0 aromatic heterocycles. The maximum absolute atomic E-state index is 11.7. The first-order chi connectivity index (χ1) is 7.08. The van der Waals surface area contributed by atoms with Crippen molar-refractivity contribution in [2.75, 3.05) is 5.32 Å². The zero-order chi connectivity index (χ0) is 11.0. The Kier molecular flexibility index (Phi) is 2.67. The summed E-state index contributed by atoms with van der Waals surface area (Å²) in [5, 5.41) is 6.66. The topological polar surface area (TPSA) is 41.1 Å². The molecule has 2 N–H and O–H groups in total. The largest absolute Gasteiger partial charge is 0.324 e. The van der Waals surface area contributed by atoms with E-state index in [1.807, 2.05) is 19.9 Å². The van der Waals surface area contributed by atoms with Crippen molar-refractivity contribution in [3.63, 3.8) is 0 Å². The van der Waals surface area contributed by atoms with Crippen LogP contribution in [0.2, 0.25) is 5.02 Å². The third kappa shape index (κ3) is 1.98. The van der Waals surface area contributed by atoms with Crippen molar-refractivity contribution in [1.29, 1.82) is 0 Å². The van der Waals surface area contributed by atoms with Gasteiger partial charge in [0.2, 0.25) is 5.91 Å². The summed E-state index contributed by atoms with van der Waals surface area (Å²) in [4.78, 5) is 11.7. The Morgan fingerprint density at radius 1 is 1.47 bits per heavy atom. The Morgan fingerprint density at radius 2 is 2.20 bits per heavy atom. The fourth-order valence-corrected chi connectivity index (χ4v) is 1.91. The van der Waals surface area contributed by atoms with Gasteiger partial charge in [-0.25, -0.2) is 0 Å². The van der Waals surface area contributed by atoms with Crippen LogP contribution in [0.5, 0.6) is 0 Å². The van der Waals surface area contributed by atoms with Crippen LogP contribution in [-0.4, -0.2) is 11.9 Å². The first kappa shape index (κ1) is 10.5. The molecule has 2 rings (SSSR count). The van der Waals surface area contributed by atoms with Gasteiger partial charge < -0.3 is 5.32 Å². The van der Waals surface area contributed by atoms with Gasteiger partial charge in [0, 0.05) is 22.3 Å². The average molecular weight is 225 g/mol. The third-order valence-electron chi connectivity index (χ3n) is 2.35. The number of hydrogen-bond acceptors (Lipinski definition) is 2. The first-order valence-corrected chi connectivity index (χ1v) is 5.32. The molecule has 1 aromatic carbocycles. The fraction of sp³-hybridized carbons (Fsp3) is 0.364. The van der Waals surface area contributed by atoms with E-state index >= 15 is 0 Å². The summed E-state index contributed by atoms with van der Waals surface area (Å²) in [6.45, 7) is 4.03. The Hall–Kier alpha value is -1.06. The second kappa shape index (κ2) is 3.83. The Morgan fingerprint density at radius 3 is 2.87 bits per heavy atom. The molecular formula is C11H13ClN2O. The summed E-state index contributed by atoms with van der Waals surface area (Å²) in [6.07, 6.45) is 0. The van der Waals surface area contributed by atoms with Gasteiger partial charge in [-0.2, -0.15) is 0 Å². The van der Waals surface area contributed by atoms with Gasteiger partial charge in [0.05, 0.1) is 0 Å². The van der Waals surface area contributed by atoms with Crippen molar-refractivity contribution in [3.8, 4) is 0 Å². The quantitative estimate of drug-likeness (QED) is 0.810. The highest BCUT2D eigenvalue weighted by Crippen LogP contribution is 2.32. The van der Waals surface area contributed by atoms with Gasteiger partial charge in [-0.3, -0.25) is 10.1 Å². The van der Waals surface area contributed by atoms with Gasteiger partial charge in [-0.15, -0.1) is 0 Å². The first-order valence-electron chi connectivity index (χ1n) is 4.94. The van der Waals surface area contributed by atoms with Crippen molar-refractivity contribution >= 4 is 23.2 Å². The van der Waals surface area contributed by atoms with Crippen LogP contribution < -0.4 is 10.6 Å². The highest BCUT2D eigenvalue weighted by atomic mass is 35.5. The molecule has 1 unspecified atom stereocenters. The van der Waals surface area contributed by atoms with E-state index in [1.165, 1.54) is 0 Å². The second-order valence-electron chi connectivity index (χ2n) is 3.98. The van der Waals surface area contributed by atoms with E-state index in [4.69, 9.17) is 11.6 Å². The van der Waals surface area contributed by atoms with Gasteiger partial charge in [-0.05, 0) is 26.0 Å². The number of rotatable bonds is 2. The molecule has 1 heterocycles. The summed E-state index contributed by atoms with van der Waals surface area (Å²) < 4.78 is 0. The Bertz CT molecular complexity index is 404. The van der Waals surface area contributed by atoms with Gasteiger partial charge >= 0.3 is 0 Å². The second-order valence-corrected chi connectivity index (χ2v) is 4.41. The number of carbonyl (C=O) groups excluding carboxylic acids is 1. The predicted octanol–water partition coefficient (Wildman–Crippen LogP) is 2.33. The number of carbonyl (C=O) groups is 1. The van der Waals surface area contributed by atoms with Crippen LogP contribution in [0.1, 0.15) is 25.5 Å². The highest BCUT2D eigenvalue weighted by molar-refractivity contribution is 6.31. The molecule has 0 spiro atoms. The predicted molar refractivity (Wildman–Crippen MR) is 61.1 cm³/mol. The average Bonchev–Trinajstić information content (AvgIpc) is 2.41. The van der Waals surface area contributed by atoms with E-state index in [0.717, 1.165) is 11.3 Å². The van der Waals surface area contributed by atoms with Gasteiger partial charge in [-0.1, -0.05) is 17.7 Å². The van der Waals surface area contributed by atoms with Crippen molar-refractivity contribution in [2.45, 2.75) is 25.9 Å². The van der Waals surface area contributed by atoms with Crippen LogP contribution in [0, 0.1) is 0 Å². The summed E-state index contributed by atoms with van der Waals surface area (Å²) in [5.41, 5.74) is 1.78. The lowest BCUT2D eigenvalue weighted by atomic mass is 10.1. The summed E-state index contributed by atoms with van der Waals surface area (Å²) in [5.74, 6) is -0.0130. The molecule has 1 aliphatic rings. The van der Waals surface area contributed by atoms with Crippen molar-refractivity contribution in [2.24, 2.45) is 0 Å². The molecule has 1 aromatic rings. The third-order valence-corrected chi connectivity index (χ3v) is 2.58. The molecule has 0 radical (unpaired) electrons. The SMILES string of the molecule is CC(C)NC1C(=O)Nc2cc(Cl)ccc21. The highest BCUT2D eigenvalue weighted by Gasteiger charge is 2.30. The van der Waals surface area contributed by atoms with Crippen LogP contribution in [0.3, 0.4) is 0 Å². The van der Waals surface area contributed by atoms with Crippen molar-refractivity contribution in [1.82, 2.24) is 5.32 Å². The maximum atomic E-state index is 11.7. The zero-order valence-corrected chi connectivity index (χ0v) is 9.43. The molecule has 0 saturated heterocycles. The normalized spacial score (nSPS) is 19.2. The van der Waals surface area contributed by atoms with E-state index in [0.29, 0.717) is 5.02 Å². The lowest BCUT2D eigenvalue weighted by Gasteiger charge is -2.14. The van der Waals surface area contributed by atoms with Crippen LogP contribution >= 0.6 is 11.6 Å². The maximum Gasteiger partial charge on any atom is 0.246 e. The van der Waals surface area contributed by atoms with E-state index < -0.39 is 0 Å². The minimum absolute atomic E-state index is 0.0130. The lowest BCUT2D eigenvalue weighted by molar-refractivity contribution is -0.117. The minimum atomic E-state index is -0.253. The molecule has 1 amide bonds. The van der Waals surface area contributed by atoms with Crippen molar-refractivity contribution < 1.29 is 4.79 Å². The fourth-order valence-electron chi connectivity index (χ4n) is 1.73. The summed E-state index contributed by atoms with van der Waals surface area (Å²) >= 11 is 5.85. The van der Waals surface area contributed by atoms with Crippen LogP contribution in [-0.2, 0) is 4.79 Å². The smallest absolute Gasteiger partial charge is 0.246 e. The van der Waals surface area contributed by atoms with Gasteiger partial charge in [0.15, 0.2) is 0 Å². The molecule has 0 bridgehead atoms. The molecule has 4 heteroatoms. The van der Waals surface area contributed by atoms with Crippen LogP contribution in [0.25, 0.3) is 0 Å². The summed E-state index contributed by atoms with van der Waals surface area (Å²) in [6, 6.07) is 5.47. The molecule has 1 aliphatic heterocycles. The van der Waals surface area contributed by atoms with E-state index in [-0.39, 0.29) is 18.0 Å². The molecule has 0 aliphatic carbocycles. The number of benzene rings is 1. The van der Waals surface area contributed by atoms with E-state index in [2.05, 4.69) is 10.6 Å². The van der Waals surface area contributed by atoms with Crippen LogP contribution in [0.4, 0.5) is 5.69 Å². The number of halogens is 1. The molecule has 0 saturated carbocycles. The van der Waals surface area contributed by atoms with Crippen LogP contribution in [0.15, 0.2) is 18.2 Å². The number of fused-ring (bicyclic) bond motifs is 1. The number of hydrogen-bond donors (Lipinski definition) is 2. The van der Waals surface area contributed by atoms with Gasteiger partial charge in [0.25, 0.3) is 0 Å². The van der Waals surface area contributed by atoms with E-state index in [9.17, 15) is 4.79 Å².